The van der Waals surface area contributed by atoms with Gasteiger partial charge in [-0.2, -0.15) is 0 Å². The molecule has 29 heavy (non-hydrogen) atoms. The van der Waals surface area contributed by atoms with Gasteiger partial charge in [0.25, 0.3) is 11.8 Å². The number of carbonyl (C=O) groups is 2. The van der Waals surface area contributed by atoms with Crippen molar-refractivity contribution >= 4 is 23.2 Å². The molecule has 1 aliphatic heterocycles. The number of aryl methyl sites for hydroxylation is 1. The molecule has 0 fully saturated rings. The van der Waals surface area contributed by atoms with Crippen molar-refractivity contribution in [1.82, 2.24) is 0 Å². The summed E-state index contributed by atoms with van der Waals surface area (Å²) in [7, 11) is 0. The van der Waals surface area contributed by atoms with Crippen molar-refractivity contribution in [3.63, 3.8) is 0 Å². The number of carbonyl (C=O) groups excluding carboxylic acids is 2. The van der Waals surface area contributed by atoms with Crippen LogP contribution >= 0.6 is 0 Å². The van der Waals surface area contributed by atoms with Crippen LogP contribution < -0.4 is 10.2 Å². The summed E-state index contributed by atoms with van der Waals surface area (Å²) in [6.07, 6.45) is 1.77. The lowest BCUT2D eigenvalue weighted by Crippen LogP contribution is -2.35. The van der Waals surface area contributed by atoms with E-state index in [1.165, 1.54) is 18.2 Å². The topological polar surface area (TPSA) is 49.4 Å². The molecule has 146 valence electrons. The zero-order valence-electron chi connectivity index (χ0n) is 15.5. The number of fused-ring (bicyclic) bond motifs is 1. The highest BCUT2D eigenvalue weighted by molar-refractivity contribution is 6.10. The summed E-state index contributed by atoms with van der Waals surface area (Å²) in [5.74, 6) is -2.64. The molecule has 4 rings (SSSR count). The van der Waals surface area contributed by atoms with Crippen molar-refractivity contribution in [2.75, 3.05) is 16.8 Å². The maximum Gasteiger partial charge on any atom is 0.258 e. The third kappa shape index (κ3) is 3.74. The largest absolute Gasteiger partial charge is 0.317 e. The lowest BCUT2D eigenvalue weighted by atomic mass is 10.0. The summed E-state index contributed by atoms with van der Waals surface area (Å²) >= 11 is 0. The monoisotopic (exact) mass is 392 g/mol. The number of halogens is 2. The highest BCUT2D eigenvalue weighted by Gasteiger charge is 2.24. The van der Waals surface area contributed by atoms with Gasteiger partial charge < -0.3 is 10.2 Å². The fraction of sp³-hybridized carbons (Fsp3) is 0.130. The van der Waals surface area contributed by atoms with Gasteiger partial charge >= 0.3 is 0 Å². The van der Waals surface area contributed by atoms with Crippen LogP contribution in [-0.2, 0) is 6.42 Å². The molecular formula is C23H18F2N2O2. The van der Waals surface area contributed by atoms with E-state index in [4.69, 9.17) is 0 Å². The molecule has 0 aliphatic carbocycles. The number of anilines is 2. The second-order valence-electron chi connectivity index (χ2n) is 6.82. The van der Waals surface area contributed by atoms with Crippen LogP contribution in [0.5, 0.6) is 0 Å². The molecule has 6 heteroatoms. The maximum absolute atomic E-state index is 13.8. The number of nitrogens with one attached hydrogen (secondary N) is 1. The minimum Gasteiger partial charge on any atom is -0.317 e. The van der Waals surface area contributed by atoms with Gasteiger partial charge in [0.05, 0.1) is 0 Å². The van der Waals surface area contributed by atoms with Crippen LogP contribution in [0.4, 0.5) is 20.2 Å². The molecule has 0 unspecified atom stereocenters. The molecule has 2 amide bonds. The van der Waals surface area contributed by atoms with Crippen molar-refractivity contribution in [2.45, 2.75) is 12.8 Å². The second kappa shape index (κ2) is 7.83. The van der Waals surface area contributed by atoms with E-state index >= 15 is 0 Å². The second-order valence-corrected chi connectivity index (χ2v) is 6.82. The maximum atomic E-state index is 13.8. The standard InChI is InChI=1S/C23H18F2N2O2/c24-18-10-4-11-19(25)21(18)26-22(28)16-7-3-8-17(14-16)23(29)27-13-5-9-15-6-1-2-12-20(15)27/h1-4,6-8,10-12,14H,5,9,13H2,(H,26,28). The predicted octanol–water partition coefficient (Wildman–Crippen LogP) is 4.81. The molecule has 1 heterocycles. The smallest absolute Gasteiger partial charge is 0.258 e. The number of hydrogen-bond acceptors (Lipinski definition) is 2. The first kappa shape index (κ1) is 18.8. The summed E-state index contributed by atoms with van der Waals surface area (Å²) in [6.45, 7) is 0.590. The fourth-order valence-electron chi connectivity index (χ4n) is 3.50. The minimum absolute atomic E-state index is 0.142. The Hall–Kier alpha value is -3.54. The van der Waals surface area contributed by atoms with Gasteiger partial charge in [0.1, 0.15) is 17.3 Å². The van der Waals surface area contributed by atoms with Crippen LogP contribution in [0.25, 0.3) is 0 Å². The van der Waals surface area contributed by atoms with Crippen LogP contribution in [0.2, 0.25) is 0 Å². The van der Waals surface area contributed by atoms with E-state index in [-0.39, 0.29) is 11.5 Å². The van der Waals surface area contributed by atoms with E-state index < -0.39 is 23.2 Å². The normalized spacial score (nSPS) is 13.0. The van der Waals surface area contributed by atoms with Gasteiger partial charge in [-0.05, 0) is 54.8 Å². The molecule has 0 bridgehead atoms. The number of benzene rings is 3. The Kier molecular flexibility index (Phi) is 5.08. The van der Waals surface area contributed by atoms with Crippen molar-refractivity contribution in [2.24, 2.45) is 0 Å². The summed E-state index contributed by atoms with van der Waals surface area (Å²) in [5, 5.41) is 2.24. The molecule has 0 spiro atoms. The van der Waals surface area contributed by atoms with E-state index in [1.807, 2.05) is 24.3 Å². The molecule has 0 saturated carbocycles. The van der Waals surface area contributed by atoms with Gasteiger partial charge in [-0.15, -0.1) is 0 Å². The number of amides is 2. The predicted molar refractivity (Wildman–Crippen MR) is 107 cm³/mol. The first-order chi connectivity index (χ1) is 14.0. The first-order valence-electron chi connectivity index (χ1n) is 9.30. The van der Waals surface area contributed by atoms with Gasteiger partial charge in [0.15, 0.2) is 0 Å². The quantitative estimate of drug-likeness (QED) is 0.695. The lowest BCUT2D eigenvalue weighted by molar-refractivity contribution is 0.0985. The highest BCUT2D eigenvalue weighted by atomic mass is 19.1. The van der Waals surface area contributed by atoms with Crippen molar-refractivity contribution in [3.05, 3.63) is 95.1 Å². The van der Waals surface area contributed by atoms with E-state index in [0.717, 1.165) is 36.2 Å². The summed E-state index contributed by atoms with van der Waals surface area (Å²) in [4.78, 5) is 27.3. The van der Waals surface area contributed by atoms with E-state index in [1.54, 1.807) is 17.0 Å². The van der Waals surface area contributed by atoms with Gasteiger partial charge in [-0.25, -0.2) is 8.78 Å². The minimum atomic E-state index is -0.865. The molecule has 3 aromatic carbocycles. The van der Waals surface area contributed by atoms with Crippen LogP contribution in [-0.4, -0.2) is 18.4 Å². The third-order valence-electron chi connectivity index (χ3n) is 4.93. The molecule has 1 N–H and O–H groups in total. The van der Waals surface area contributed by atoms with Gasteiger partial charge in [0.2, 0.25) is 0 Å². The van der Waals surface area contributed by atoms with Crippen LogP contribution in [0, 0.1) is 11.6 Å². The van der Waals surface area contributed by atoms with Gasteiger partial charge in [0, 0.05) is 23.4 Å². The Balaban J connectivity index is 1.59. The lowest BCUT2D eigenvalue weighted by Gasteiger charge is -2.29. The Bertz CT molecular complexity index is 1080. The number of hydrogen-bond donors (Lipinski definition) is 1. The average Bonchev–Trinajstić information content (AvgIpc) is 2.75. The zero-order valence-corrected chi connectivity index (χ0v) is 15.5. The van der Waals surface area contributed by atoms with Crippen LogP contribution in [0.3, 0.4) is 0 Å². The van der Waals surface area contributed by atoms with Crippen molar-refractivity contribution < 1.29 is 18.4 Å². The van der Waals surface area contributed by atoms with Crippen molar-refractivity contribution in [3.8, 4) is 0 Å². The molecule has 3 aromatic rings. The van der Waals surface area contributed by atoms with E-state index in [0.29, 0.717) is 12.1 Å². The number of rotatable bonds is 3. The van der Waals surface area contributed by atoms with E-state index in [9.17, 15) is 18.4 Å². The molecule has 0 atom stereocenters. The summed E-state index contributed by atoms with van der Waals surface area (Å²) in [6, 6.07) is 17.2. The molecule has 4 nitrogen and oxygen atoms in total. The third-order valence-corrected chi connectivity index (χ3v) is 4.93. The Morgan fingerprint density at radius 3 is 2.34 bits per heavy atom. The first-order valence-corrected chi connectivity index (χ1v) is 9.30. The molecule has 0 radical (unpaired) electrons. The Labute approximate surface area is 166 Å². The van der Waals surface area contributed by atoms with Crippen LogP contribution in [0.1, 0.15) is 32.7 Å². The van der Waals surface area contributed by atoms with Crippen LogP contribution in [0.15, 0.2) is 66.7 Å². The molecule has 0 saturated heterocycles. The highest BCUT2D eigenvalue weighted by Crippen LogP contribution is 2.28. The SMILES string of the molecule is O=C(Nc1c(F)cccc1F)c1cccc(C(=O)N2CCCc3ccccc32)c1. The molecular weight excluding hydrogens is 374 g/mol. The average molecular weight is 392 g/mol. The summed E-state index contributed by atoms with van der Waals surface area (Å²) < 4.78 is 27.6. The number of nitrogens with zero attached hydrogens (tertiary/aromatic N) is 1. The summed E-state index contributed by atoms with van der Waals surface area (Å²) in [5.41, 5.74) is 1.94. The Morgan fingerprint density at radius 1 is 0.862 bits per heavy atom. The van der Waals surface area contributed by atoms with Crippen molar-refractivity contribution in [1.29, 1.82) is 0 Å². The number of para-hydroxylation sites is 2. The van der Waals surface area contributed by atoms with Gasteiger partial charge in [-0.3, -0.25) is 9.59 Å². The molecule has 1 aliphatic rings. The van der Waals surface area contributed by atoms with E-state index in [2.05, 4.69) is 5.32 Å². The fourth-order valence-corrected chi connectivity index (χ4v) is 3.50. The Morgan fingerprint density at radius 2 is 1.55 bits per heavy atom. The van der Waals surface area contributed by atoms with Gasteiger partial charge in [-0.1, -0.05) is 30.3 Å². The zero-order chi connectivity index (χ0) is 20.4. The molecule has 0 aromatic heterocycles.